The van der Waals surface area contributed by atoms with Crippen molar-refractivity contribution in [3.8, 4) is 10.4 Å². The number of rotatable bonds is 5. The fourth-order valence-corrected chi connectivity index (χ4v) is 4.87. The number of halogens is 1. The second-order valence-corrected chi connectivity index (χ2v) is 8.96. The van der Waals surface area contributed by atoms with Crippen molar-refractivity contribution in [3.05, 3.63) is 82.0 Å². The minimum atomic E-state index is -1.03. The van der Waals surface area contributed by atoms with Crippen LogP contribution in [-0.4, -0.2) is 40.2 Å². The van der Waals surface area contributed by atoms with E-state index in [4.69, 9.17) is 4.74 Å². The Labute approximate surface area is 179 Å². The molecule has 1 aromatic heterocycles. The van der Waals surface area contributed by atoms with Crippen LogP contribution in [0.3, 0.4) is 0 Å². The smallest absolute Gasteiger partial charge is 0.123 e. The molecule has 0 bridgehead atoms. The number of benzene rings is 2. The summed E-state index contributed by atoms with van der Waals surface area (Å²) in [5.74, 6) is -0.247. The van der Waals surface area contributed by atoms with Gasteiger partial charge in [-0.3, -0.25) is 0 Å². The van der Waals surface area contributed by atoms with Gasteiger partial charge in [-0.2, -0.15) is 0 Å². The zero-order chi connectivity index (χ0) is 21.3. The Balaban J connectivity index is 1.56. The largest absolute Gasteiger partial charge is 0.394 e. The SMILES string of the molecule is Cc1ccc(C2OC(CO)CC(O)C2O)cc1Cc1ccc(-c2ccc(F)cc2)s1. The van der Waals surface area contributed by atoms with Crippen LogP contribution in [0.5, 0.6) is 0 Å². The summed E-state index contributed by atoms with van der Waals surface area (Å²) in [6.45, 7) is 1.84. The fraction of sp³-hybridized carbons (Fsp3) is 0.333. The zero-order valence-electron chi connectivity index (χ0n) is 16.7. The minimum Gasteiger partial charge on any atom is -0.394 e. The van der Waals surface area contributed by atoms with Gasteiger partial charge in [0.25, 0.3) is 0 Å². The minimum absolute atomic E-state index is 0.194. The molecule has 0 radical (unpaired) electrons. The Bertz CT molecular complexity index is 1000. The van der Waals surface area contributed by atoms with E-state index in [2.05, 4.69) is 6.07 Å². The molecule has 1 saturated heterocycles. The summed E-state index contributed by atoms with van der Waals surface area (Å²) in [5, 5.41) is 30.0. The van der Waals surface area contributed by atoms with Gasteiger partial charge in [0.15, 0.2) is 0 Å². The maximum Gasteiger partial charge on any atom is 0.123 e. The first-order valence-corrected chi connectivity index (χ1v) is 10.8. The van der Waals surface area contributed by atoms with Crippen LogP contribution in [0.2, 0.25) is 0 Å². The summed E-state index contributed by atoms with van der Waals surface area (Å²) in [4.78, 5) is 2.26. The van der Waals surface area contributed by atoms with Gasteiger partial charge in [-0.15, -0.1) is 11.3 Å². The highest BCUT2D eigenvalue weighted by molar-refractivity contribution is 7.15. The van der Waals surface area contributed by atoms with E-state index < -0.39 is 24.4 Å². The second kappa shape index (κ2) is 8.96. The average Bonchev–Trinajstić information content (AvgIpc) is 3.20. The van der Waals surface area contributed by atoms with Crippen molar-refractivity contribution in [1.29, 1.82) is 0 Å². The summed E-state index contributed by atoms with van der Waals surface area (Å²) in [6, 6.07) is 16.5. The molecule has 4 unspecified atom stereocenters. The Morgan fingerprint density at radius 1 is 1.07 bits per heavy atom. The van der Waals surface area contributed by atoms with Gasteiger partial charge in [0.1, 0.15) is 18.0 Å². The summed E-state index contributed by atoms with van der Waals surface area (Å²) >= 11 is 1.67. The lowest BCUT2D eigenvalue weighted by Gasteiger charge is -2.37. The quantitative estimate of drug-likeness (QED) is 0.575. The summed E-state index contributed by atoms with van der Waals surface area (Å²) < 4.78 is 19.0. The molecule has 1 fully saturated rings. The van der Waals surface area contributed by atoms with E-state index in [0.29, 0.717) is 0 Å². The van der Waals surface area contributed by atoms with E-state index in [1.54, 1.807) is 23.5 Å². The van der Waals surface area contributed by atoms with E-state index in [0.717, 1.165) is 33.6 Å². The highest BCUT2D eigenvalue weighted by atomic mass is 32.1. The van der Waals surface area contributed by atoms with Gasteiger partial charge < -0.3 is 20.1 Å². The van der Waals surface area contributed by atoms with Crippen LogP contribution in [-0.2, 0) is 11.2 Å². The number of hydrogen-bond acceptors (Lipinski definition) is 5. The molecule has 0 amide bonds. The third-order valence-electron chi connectivity index (χ3n) is 5.61. The Hall–Kier alpha value is -2.09. The molecular formula is C24H25FO4S. The molecule has 2 aromatic carbocycles. The maximum absolute atomic E-state index is 13.2. The third kappa shape index (κ3) is 4.48. The Morgan fingerprint density at radius 2 is 1.83 bits per heavy atom. The number of ether oxygens (including phenoxy) is 1. The Morgan fingerprint density at radius 3 is 2.57 bits per heavy atom. The van der Waals surface area contributed by atoms with Gasteiger partial charge in [0.2, 0.25) is 0 Å². The van der Waals surface area contributed by atoms with Crippen LogP contribution in [0.15, 0.2) is 54.6 Å². The van der Waals surface area contributed by atoms with E-state index in [1.165, 1.54) is 17.0 Å². The predicted molar refractivity (Wildman–Crippen MR) is 115 cm³/mol. The molecule has 158 valence electrons. The molecule has 3 aromatic rings. The van der Waals surface area contributed by atoms with Gasteiger partial charge in [0, 0.05) is 22.6 Å². The Kier molecular flexibility index (Phi) is 6.32. The summed E-state index contributed by atoms with van der Waals surface area (Å²) in [6.07, 6.45) is -2.19. The number of aliphatic hydroxyl groups is 3. The normalized spacial score (nSPS) is 24.2. The van der Waals surface area contributed by atoms with Gasteiger partial charge in [-0.05, 0) is 53.4 Å². The summed E-state index contributed by atoms with van der Waals surface area (Å²) in [7, 11) is 0. The monoisotopic (exact) mass is 428 g/mol. The molecule has 0 saturated carbocycles. The molecule has 6 heteroatoms. The van der Waals surface area contributed by atoms with Crippen LogP contribution in [0.25, 0.3) is 10.4 Å². The number of aryl methyl sites for hydroxylation is 1. The molecule has 0 aliphatic carbocycles. The highest BCUT2D eigenvalue weighted by Crippen LogP contribution is 2.34. The van der Waals surface area contributed by atoms with E-state index in [1.807, 2.05) is 31.2 Å². The van der Waals surface area contributed by atoms with Gasteiger partial charge in [-0.1, -0.05) is 30.3 Å². The van der Waals surface area contributed by atoms with Crippen molar-refractivity contribution in [2.45, 2.75) is 44.2 Å². The van der Waals surface area contributed by atoms with Gasteiger partial charge >= 0.3 is 0 Å². The van der Waals surface area contributed by atoms with Crippen LogP contribution in [0, 0.1) is 12.7 Å². The molecule has 30 heavy (non-hydrogen) atoms. The molecular weight excluding hydrogens is 403 g/mol. The molecule has 4 nitrogen and oxygen atoms in total. The van der Waals surface area contributed by atoms with Crippen LogP contribution in [0.1, 0.15) is 34.1 Å². The van der Waals surface area contributed by atoms with Gasteiger partial charge in [0.05, 0.1) is 18.8 Å². The van der Waals surface area contributed by atoms with E-state index in [-0.39, 0.29) is 18.8 Å². The summed E-state index contributed by atoms with van der Waals surface area (Å²) in [5.41, 5.74) is 4.01. The predicted octanol–water partition coefficient (Wildman–Crippen LogP) is 4.00. The maximum atomic E-state index is 13.2. The first-order chi connectivity index (χ1) is 14.4. The van der Waals surface area contributed by atoms with Crippen molar-refractivity contribution in [2.75, 3.05) is 6.61 Å². The van der Waals surface area contributed by atoms with Crippen molar-refractivity contribution in [3.63, 3.8) is 0 Å². The van der Waals surface area contributed by atoms with E-state index in [9.17, 15) is 19.7 Å². The lowest BCUT2D eigenvalue weighted by atomic mass is 9.91. The molecule has 1 aliphatic heterocycles. The zero-order valence-corrected chi connectivity index (χ0v) is 17.5. The average molecular weight is 429 g/mol. The molecule has 4 atom stereocenters. The topological polar surface area (TPSA) is 69.9 Å². The van der Waals surface area contributed by atoms with E-state index >= 15 is 0 Å². The molecule has 1 aliphatic rings. The standard InChI is InChI=1S/C24H25FO4S/c1-14-2-3-16(24-23(28)21(27)12-19(13-26)29-24)10-17(14)11-20-8-9-22(30-20)15-4-6-18(25)7-5-15/h2-10,19,21,23-24,26-28H,11-13H2,1H3. The van der Waals surface area contributed by atoms with Crippen molar-refractivity contribution in [2.24, 2.45) is 0 Å². The van der Waals surface area contributed by atoms with Crippen LogP contribution < -0.4 is 0 Å². The highest BCUT2D eigenvalue weighted by Gasteiger charge is 2.37. The molecule has 3 N–H and O–H groups in total. The van der Waals surface area contributed by atoms with Crippen LogP contribution in [0.4, 0.5) is 4.39 Å². The first-order valence-electron chi connectivity index (χ1n) is 10.0. The second-order valence-electron chi connectivity index (χ2n) is 7.79. The van der Waals surface area contributed by atoms with Crippen molar-refractivity contribution >= 4 is 11.3 Å². The van der Waals surface area contributed by atoms with Gasteiger partial charge in [-0.25, -0.2) is 4.39 Å². The molecule has 2 heterocycles. The number of hydrogen-bond donors (Lipinski definition) is 3. The third-order valence-corrected chi connectivity index (χ3v) is 6.74. The number of aliphatic hydroxyl groups excluding tert-OH is 3. The first kappa shape index (κ1) is 21.2. The lowest BCUT2D eigenvalue weighted by Crippen LogP contribution is -2.44. The number of thiophene rings is 1. The molecule has 0 spiro atoms. The molecule has 4 rings (SSSR count). The van der Waals surface area contributed by atoms with Crippen LogP contribution >= 0.6 is 11.3 Å². The van der Waals surface area contributed by atoms with Crippen molar-refractivity contribution in [1.82, 2.24) is 0 Å². The lowest BCUT2D eigenvalue weighted by molar-refractivity contribution is -0.179. The van der Waals surface area contributed by atoms with Crippen molar-refractivity contribution < 1.29 is 24.4 Å². The fourth-order valence-electron chi connectivity index (χ4n) is 3.84.